The minimum absolute atomic E-state index is 0.177. The van der Waals surface area contributed by atoms with Crippen LogP contribution in [-0.2, 0) is 11.3 Å². The van der Waals surface area contributed by atoms with Crippen molar-refractivity contribution in [3.8, 4) is 11.5 Å². The van der Waals surface area contributed by atoms with Crippen LogP contribution in [0.1, 0.15) is 31.2 Å². The van der Waals surface area contributed by atoms with Gasteiger partial charge < -0.3 is 14.4 Å². The van der Waals surface area contributed by atoms with Crippen molar-refractivity contribution in [3.63, 3.8) is 0 Å². The Balaban J connectivity index is 1.43. The summed E-state index contributed by atoms with van der Waals surface area (Å²) in [5.74, 6) is 1.20. The number of piperidine rings is 1. The van der Waals surface area contributed by atoms with Crippen LogP contribution in [0, 0.1) is 0 Å². The number of rotatable bonds is 3. The molecule has 2 fully saturated rings. The standard InChI is InChI=1S/C19H25FN2O3/c20-19(18(23)22-8-1-2-9-22)6-3-7-21(14-19)13-15-4-5-16-17(12-15)25-11-10-24-16/h4-5,12H,1-3,6-11,13-14H2. The highest BCUT2D eigenvalue weighted by Crippen LogP contribution is 2.33. The van der Waals surface area contributed by atoms with E-state index in [2.05, 4.69) is 0 Å². The molecule has 1 aromatic carbocycles. The normalized spacial score (nSPS) is 26.7. The molecular weight excluding hydrogens is 323 g/mol. The van der Waals surface area contributed by atoms with Gasteiger partial charge in [0.1, 0.15) is 13.2 Å². The number of ether oxygens (including phenoxy) is 2. The van der Waals surface area contributed by atoms with Gasteiger partial charge in [0.25, 0.3) is 5.91 Å². The number of alkyl halides is 1. The minimum atomic E-state index is -1.74. The minimum Gasteiger partial charge on any atom is -0.486 e. The van der Waals surface area contributed by atoms with Gasteiger partial charge >= 0.3 is 0 Å². The highest BCUT2D eigenvalue weighted by Gasteiger charge is 2.45. The van der Waals surface area contributed by atoms with Gasteiger partial charge in [-0.2, -0.15) is 0 Å². The van der Waals surface area contributed by atoms with E-state index in [4.69, 9.17) is 9.47 Å². The Labute approximate surface area is 147 Å². The maximum atomic E-state index is 15.4. The summed E-state index contributed by atoms with van der Waals surface area (Å²) in [6.07, 6.45) is 3.02. The second-order valence-corrected chi connectivity index (χ2v) is 7.26. The predicted molar refractivity (Wildman–Crippen MR) is 91.6 cm³/mol. The summed E-state index contributed by atoms with van der Waals surface area (Å²) < 4.78 is 26.5. The lowest BCUT2D eigenvalue weighted by molar-refractivity contribution is -0.147. The summed E-state index contributed by atoms with van der Waals surface area (Å²) in [6.45, 7) is 4.14. The molecule has 0 aromatic heterocycles. The lowest BCUT2D eigenvalue weighted by Gasteiger charge is -2.38. The predicted octanol–water partition coefficient (Wildman–Crippen LogP) is 2.38. The van der Waals surface area contributed by atoms with E-state index in [1.807, 2.05) is 23.1 Å². The molecule has 1 unspecified atom stereocenters. The van der Waals surface area contributed by atoms with E-state index in [9.17, 15) is 4.79 Å². The first-order chi connectivity index (χ1) is 12.1. The molecule has 0 radical (unpaired) electrons. The molecule has 1 aromatic rings. The van der Waals surface area contributed by atoms with Crippen LogP contribution < -0.4 is 9.47 Å². The van der Waals surface area contributed by atoms with Crippen LogP contribution in [0.5, 0.6) is 11.5 Å². The molecule has 1 atom stereocenters. The van der Waals surface area contributed by atoms with Gasteiger partial charge in [-0.05, 0) is 49.9 Å². The zero-order valence-electron chi connectivity index (χ0n) is 14.5. The van der Waals surface area contributed by atoms with Gasteiger partial charge in [-0.25, -0.2) is 4.39 Å². The number of carbonyl (C=O) groups excluding carboxylic acids is 1. The SMILES string of the molecule is O=C(N1CCCC1)C1(F)CCCN(Cc2ccc3c(c2)OCCO3)C1. The van der Waals surface area contributed by atoms with E-state index in [0.29, 0.717) is 45.7 Å². The number of fused-ring (bicyclic) bond motifs is 1. The first kappa shape index (κ1) is 16.6. The number of amides is 1. The first-order valence-corrected chi connectivity index (χ1v) is 9.23. The average molecular weight is 348 g/mol. The summed E-state index contributed by atoms with van der Waals surface area (Å²) in [5.41, 5.74) is -0.682. The van der Waals surface area contributed by atoms with Crippen molar-refractivity contribution < 1.29 is 18.7 Å². The summed E-state index contributed by atoms with van der Waals surface area (Å²) in [7, 11) is 0. The van der Waals surface area contributed by atoms with Gasteiger partial charge in [-0.1, -0.05) is 6.07 Å². The van der Waals surface area contributed by atoms with Gasteiger partial charge in [-0.15, -0.1) is 0 Å². The molecule has 4 rings (SSSR count). The van der Waals surface area contributed by atoms with Gasteiger partial charge in [0.2, 0.25) is 5.67 Å². The lowest BCUT2D eigenvalue weighted by atomic mass is 9.92. The van der Waals surface area contributed by atoms with Crippen molar-refractivity contribution in [1.29, 1.82) is 0 Å². The van der Waals surface area contributed by atoms with E-state index >= 15 is 4.39 Å². The van der Waals surface area contributed by atoms with E-state index in [-0.39, 0.29) is 12.5 Å². The molecule has 6 heteroatoms. The van der Waals surface area contributed by atoms with Crippen LogP contribution in [-0.4, -0.2) is 60.8 Å². The summed E-state index contributed by atoms with van der Waals surface area (Å²) in [5, 5.41) is 0. The van der Waals surface area contributed by atoms with Gasteiger partial charge in [0.05, 0.1) is 0 Å². The Morgan fingerprint density at radius 1 is 1.08 bits per heavy atom. The van der Waals surface area contributed by atoms with E-state index in [1.54, 1.807) is 4.90 Å². The van der Waals surface area contributed by atoms with E-state index in [1.165, 1.54) is 0 Å². The van der Waals surface area contributed by atoms with Crippen LogP contribution in [0.2, 0.25) is 0 Å². The summed E-state index contributed by atoms with van der Waals surface area (Å²) in [4.78, 5) is 16.3. The molecule has 136 valence electrons. The molecule has 5 nitrogen and oxygen atoms in total. The Kier molecular flexibility index (Phi) is 4.54. The summed E-state index contributed by atoms with van der Waals surface area (Å²) >= 11 is 0. The number of hydrogen-bond acceptors (Lipinski definition) is 4. The third-order valence-electron chi connectivity index (χ3n) is 5.31. The molecular formula is C19H25FN2O3. The molecule has 0 N–H and O–H groups in total. The molecule has 0 spiro atoms. The first-order valence-electron chi connectivity index (χ1n) is 9.23. The fraction of sp³-hybridized carbons (Fsp3) is 0.632. The second kappa shape index (κ2) is 6.83. The molecule has 2 saturated heterocycles. The van der Waals surface area contributed by atoms with Crippen LogP contribution in [0.25, 0.3) is 0 Å². The third kappa shape index (κ3) is 3.45. The Bertz CT molecular complexity index is 648. The molecule has 0 bridgehead atoms. The maximum absolute atomic E-state index is 15.4. The zero-order valence-corrected chi connectivity index (χ0v) is 14.5. The number of carbonyl (C=O) groups is 1. The number of benzene rings is 1. The van der Waals surface area contributed by atoms with Crippen LogP contribution >= 0.6 is 0 Å². The lowest BCUT2D eigenvalue weighted by Crippen LogP contribution is -2.54. The van der Waals surface area contributed by atoms with Crippen molar-refractivity contribution in [1.82, 2.24) is 9.80 Å². The zero-order chi connectivity index (χ0) is 17.3. The van der Waals surface area contributed by atoms with Gasteiger partial charge in [0, 0.05) is 26.2 Å². The monoisotopic (exact) mass is 348 g/mol. The largest absolute Gasteiger partial charge is 0.486 e. The van der Waals surface area contributed by atoms with Gasteiger partial charge in [-0.3, -0.25) is 9.69 Å². The number of likely N-dealkylation sites (tertiary alicyclic amines) is 2. The molecule has 25 heavy (non-hydrogen) atoms. The number of hydrogen-bond donors (Lipinski definition) is 0. The van der Waals surface area contributed by atoms with E-state index < -0.39 is 5.67 Å². The quantitative estimate of drug-likeness (QED) is 0.841. The molecule has 0 saturated carbocycles. The second-order valence-electron chi connectivity index (χ2n) is 7.26. The van der Waals surface area contributed by atoms with Crippen LogP contribution in [0.15, 0.2) is 18.2 Å². The fourth-order valence-electron chi connectivity index (χ4n) is 4.05. The van der Waals surface area contributed by atoms with Crippen molar-refractivity contribution in [2.75, 3.05) is 39.4 Å². The topological polar surface area (TPSA) is 42.0 Å². The smallest absolute Gasteiger partial charge is 0.261 e. The van der Waals surface area contributed by atoms with Crippen molar-refractivity contribution in [2.45, 2.75) is 37.9 Å². The number of halogens is 1. The molecule has 0 aliphatic carbocycles. The van der Waals surface area contributed by atoms with Crippen molar-refractivity contribution in [3.05, 3.63) is 23.8 Å². The molecule has 3 aliphatic heterocycles. The Morgan fingerprint density at radius 2 is 1.84 bits per heavy atom. The average Bonchev–Trinajstić information content (AvgIpc) is 3.15. The Hall–Kier alpha value is -1.82. The summed E-state index contributed by atoms with van der Waals surface area (Å²) in [6, 6.07) is 5.86. The fourth-order valence-corrected chi connectivity index (χ4v) is 4.05. The Morgan fingerprint density at radius 3 is 2.64 bits per heavy atom. The van der Waals surface area contributed by atoms with Crippen molar-refractivity contribution >= 4 is 5.91 Å². The maximum Gasteiger partial charge on any atom is 0.261 e. The van der Waals surface area contributed by atoms with E-state index in [0.717, 1.165) is 36.4 Å². The van der Waals surface area contributed by atoms with Crippen LogP contribution in [0.4, 0.5) is 4.39 Å². The molecule has 3 heterocycles. The van der Waals surface area contributed by atoms with Gasteiger partial charge in [0.15, 0.2) is 11.5 Å². The highest BCUT2D eigenvalue weighted by molar-refractivity contribution is 5.85. The molecule has 1 amide bonds. The van der Waals surface area contributed by atoms with Crippen LogP contribution in [0.3, 0.4) is 0 Å². The third-order valence-corrected chi connectivity index (χ3v) is 5.31. The van der Waals surface area contributed by atoms with Crippen molar-refractivity contribution in [2.24, 2.45) is 0 Å². The molecule has 3 aliphatic rings. The number of nitrogens with zero attached hydrogens (tertiary/aromatic N) is 2. The highest BCUT2D eigenvalue weighted by atomic mass is 19.1.